The van der Waals surface area contributed by atoms with Gasteiger partial charge in [0, 0.05) is 6.42 Å². The van der Waals surface area contributed by atoms with Gasteiger partial charge < -0.3 is 0 Å². The predicted molar refractivity (Wildman–Crippen MR) is 72.1 cm³/mol. The van der Waals surface area contributed by atoms with Gasteiger partial charge in [-0.05, 0) is 46.9 Å². The highest BCUT2D eigenvalue weighted by molar-refractivity contribution is 8.03. The number of carbonyl (C=O) groups excluding carboxylic acids is 1. The Morgan fingerprint density at radius 3 is 2.68 bits per heavy atom. The van der Waals surface area contributed by atoms with Crippen molar-refractivity contribution in [2.75, 3.05) is 0 Å². The van der Waals surface area contributed by atoms with Crippen molar-refractivity contribution in [3.8, 4) is 5.69 Å². The maximum atomic E-state index is 11.2. The minimum atomic E-state index is 0.178. The Balaban J connectivity index is 1.88. The molecule has 0 atom stereocenters. The van der Waals surface area contributed by atoms with Crippen molar-refractivity contribution in [1.82, 2.24) is 20.2 Å². The number of rotatable bonds is 3. The number of hydrogen-bond acceptors (Lipinski definition) is 5. The van der Waals surface area contributed by atoms with Gasteiger partial charge in [-0.2, -0.15) is 4.68 Å². The van der Waals surface area contributed by atoms with Crippen LogP contribution in [0.1, 0.15) is 18.4 Å². The van der Waals surface area contributed by atoms with Crippen LogP contribution in [0.5, 0.6) is 0 Å². The lowest BCUT2D eigenvalue weighted by atomic mass is 10.2. The van der Waals surface area contributed by atoms with E-state index in [0.717, 1.165) is 17.0 Å². The third kappa shape index (κ3) is 2.58. The molecule has 0 bridgehead atoms. The molecule has 5 nitrogen and oxygen atoms in total. The minimum absolute atomic E-state index is 0.178. The van der Waals surface area contributed by atoms with Gasteiger partial charge >= 0.3 is 0 Å². The number of benzene rings is 1. The second-order valence-electron chi connectivity index (χ2n) is 4.39. The van der Waals surface area contributed by atoms with Gasteiger partial charge in [-0.1, -0.05) is 29.5 Å². The van der Waals surface area contributed by atoms with E-state index in [1.165, 1.54) is 17.3 Å². The van der Waals surface area contributed by atoms with Crippen LogP contribution < -0.4 is 0 Å². The molecule has 2 aromatic rings. The molecule has 0 saturated carbocycles. The van der Waals surface area contributed by atoms with Crippen molar-refractivity contribution in [2.24, 2.45) is 0 Å². The summed E-state index contributed by atoms with van der Waals surface area (Å²) in [4.78, 5) is 12.2. The van der Waals surface area contributed by atoms with Crippen LogP contribution in [0, 0.1) is 6.92 Å². The number of carbonyl (C=O) groups is 1. The molecular weight excluding hydrogens is 260 g/mol. The number of aromatic nitrogens is 4. The van der Waals surface area contributed by atoms with Crippen molar-refractivity contribution in [1.29, 1.82) is 0 Å². The Labute approximate surface area is 114 Å². The van der Waals surface area contributed by atoms with E-state index in [-0.39, 0.29) is 5.78 Å². The largest absolute Gasteiger partial charge is 0.295 e. The average molecular weight is 272 g/mol. The molecule has 0 fully saturated rings. The van der Waals surface area contributed by atoms with Crippen LogP contribution in [0.4, 0.5) is 0 Å². The second kappa shape index (κ2) is 4.97. The fourth-order valence-corrected chi connectivity index (χ4v) is 2.79. The SMILES string of the molecule is Cc1ccc(-n2nnnc2SC2=CC(=O)CC2)cc1. The van der Waals surface area contributed by atoms with Crippen molar-refractivity contribution in [3.05, 3.63) is 40.8 Å². The van der Waals surface area contributed by atoms with Crippen LogP contribution in [0.25, 0.3) is 5.69 Å². The van der Waals surface area contributed by atoms with Crippen LogP contribution in [0.3, 0.4) is 0 Å². The maximum Gasteiger partial charge on any atom is 0.218 e. The van der Waals surface area contributed by atoms with E-state index in [0.29, 0.717) is 11.6 Å². The quantitative estimate of drug-likeness (QED) is 0.858. The molecule has 1 aliphatic carbocycles. The highest BCUT2D eigenvalue weighted by atomic mass is 32.2. The molecule has 0 saturated heterocycles. The Hall–Kier alpha value is -1.95. The Morgan fingerprint density at radius 1 is 1.21 bits per heavy atom. The van der Waals surface area contributed by atoms with Gasteiger partial charge in [0.15, 0.2) is 5.78 Å². The van der Waals surface area contributed by atoms with Gasteiger partial charge in [0.25, 0.3) is 0 Å². The predicted octanol–water partition coefficient (Wildman–Crippen LogP) is 2.31. The topological polar surface area (TPSA) is 60.7 Å². The highest BCUT2D eigenvalue weighted by Crippen LogP contribution is 2.32. The number of hydrogen-bond donors (Lipinski definition) is 0. The smallest absolute Gasteiger partial charge is 0.218 e. The monoisotopic (exact) mass is 272 g/mol. The van der Waals surface area contributed by atoms with Crippen LogP contribution in [0.2, 0.25) is 0 Å². The molecule has 0 amide bonds. The van der Waals surface area contributed by atoms with E-state index < -0.39 is 0 Å². The zero-order chi connectivity index (χ0) is 13.2. The molecule has 1 aromatic carbocycles. The summed E-state index contributed by atoms with van der Waals surface area (Å²) in [6, 6.07) is 7.99. The molecule has 96 valence electrons. The fourth-order valence-electron chi connectivity index (χ4n) is 1.86. The lowest BCUT2D eigenvalue weighted by Crippen LogP contribution is -1.98. The molecule has 0 radical (unpaired) electrons. The van der Waals surface area contributed by atoms with Crippen molar-refractivity contribution in [3.63, 3.8) is 0 Å². The third-order valence-corrected chi connectivity index (χ3v) is 3.90. The summed E-state index contributed by atoms with van der Waals surface area (Å²) in [5, 5.41) is 12.4. The molecule has 6 heteroatoms. The number of ketones is 1. The van der Waals surface area contributed by atoms with Crippen molar-refractivity contribution < 1.29 is 4.79 Å². The molecule has 0 N–H and O–H groups in total. The van der Waals surface area contributed by atoms with Crippen molar-refractivity contribution >= 4 is 17.5 Å². The van der Waals surface area contributed by atoms with Crippen LogP contribution in [0.15, 0.2) is 40.4 Å². The number of thioether (sulfide) groups is 1. The lowest BCUT2D eigenvalue weighted by molar-refractivity contribution is -0.114. The zero-order valence-corrected chi connectivity index (χ0v) is 11.2. The van der Waals surface area contributed by atoms with Crippen LogP contribution >= 0.6 is 11.8 Å². The van der Waals surface area contributed by atoms with Gasteiger partial charge in [-0.3, -0.25) is 4.79 Å². The summed E-state index contributed by atoms with van der Waals surface area (Å²) >= 11 is 1.45. The summed E-state index contributed by atoms with van der Waals surface area (Å²) in [6.07, 6.45) is 3.05. The highest BCUT2D eigenvalue weighted by Gasteiger charge is 2.17. The fraction of sp³-hybridized carbons (Fsp3) is 0.231. The molecule has 0 unspecified atom stereocenters. The van der Waals surface area contributed by atoms with E-state index in [9.17, 15) is 4.79 Å². The minimum Gasteiger partial charge on any atom is -0.295 e. The Kier molecular flexibility index (Phi) is 3.16. The number of aryl methyl sites for hydroxylation is 1. The average Bonchev–Trinajstić information content (AvgIpc) is 3.00. The molecule has 19 heavy (non-hydrogen) atoms. The second-order valence-corrected chi connectivity index (χ2v) is 5.48. The first-order chi connectivity index (χ1) is 9.22. The van der Waals surface area contributed by atoms with Gasteiger partial charge in [0.1, 0.15) is 0 Å². The standard InChI is InChI=1S/C13H12N4OS/c1-9-2-4-10(5-3-9)17-13(14-15-16-17)19-12-7-6-11(18)8-12/h2-5,8H,6-7H2,1H3. The molecule has 3 rings (SSSR count). The first-order valence-corrected chi connectivity index (χ1v) is 6.81. The maximum absolute atomic E-state index is 11.2. The summed E-state index contributed by atoms with van der Waals surface area (Å²) in [7, 11) is 0. The van der Waals surface area contributed by atoms with E-state index in [1.807, 2.05) is 31.2 Å². The zero-order valence-electron chi connectivity index (χ0n) is 10.4. The third-order valence-electron chi connectivity index (χ3n) is 2.88. The van der Waals surface area contributed by atoms with E-state index >= 15 is 0 Å². The molecular formula is C13H12N4OS. The number of nitrogens with zero attached hydrogens (tertiary/aromatic N) is 4. The molecule has 1 aliphatic rings. The van der Waals surface area contributed by atoms with Gasteiger partial charge in [-0.15, -0.1) is 5.10 Å². The first kappa shape index (κ1) is 12.1. The van der Waals surface area contributed by atoms with Gasteiger partial charge in [-0.25, -0.2) is 0 Å². The molecule has 0 spiro atoms. The molecule has 1 heterocycles. The number of tetrazole rings is 1. The Bertz CT molecular complexity index is 645. The van der Waals surface area contributed by atoms with Gasteiger partial charge in [0.2, 0.25) is 5.16 Å². The van der Waals surface area contributed by atoms with Gasteiger partial charge in [0.05, 0.1) is 5.69 Å². The van der Waals surface area contributed by atoms with E-state index in [2.05, 4.69) is 15.5 Å². The molecule has 1 aromatic heterocycles. The summed E-state index contributed by atoms with van der Waals surface area (Å²) < 4.78 is 1.69. The summed E-state index contributed by atoms with van der Waals surface area (Å²) in [6.45, 7) is 2.04. The lowest BCUT2D eigenvalue weighted by Gasteiger charge is -2.04. The van der Waals surface area contributed by atoms with Crippen molar-refractivity contribution in [2.45, 2.75) is 24.9 Å². The van der Waals surface area contributed by atoms with E-state index in [1.54, 1.807) is 10.8 Å². The summed E-state index contributed by atoms with van der Waals surface area (Å²) in [5.41, 5.74) is 2.11. The number of allylic oxidation sites excluding steroid dienone is 2. The van der Waals surface area contributed by atoms with Crippen LogP contribution in [-0.2, 0) is 4.79 Å². The van der Waals surface area contributed by atoms with Crippen LogP contribution in [-0.4, -0.2) is 26.0 Å². The first-order valence-electron chi connectivity index (χ1n) is 5.99. The Morgan fingerprint density at radius 2 is 2.00 bits per heavy atom. The molecule has 0 aliphatic heterocycles. The van der Waals surface area contributed by atoms with E-state index in [4.69, 9.17) is 0 Å². The summed E-state index contributed by atoms with van der Waals surface area (Å²) in [5.74, 6) is 0.178. The normalized spacial score (nSPS) is 14.8.